The molecule has 1 aliphatic heterocycles. The molecule has 2 rings (SSSR count). The van der Waals surface area contributed by atoms with Crippen molar-refractivity contribution in [2.45, 2.75) is 31.8 Å². The minimum absolute atomic E-state index is 0.352. The molecule has 1 heterocycles. The number of nitrogens with two attached hydrogens (primary N) is 1. The van der Waals surface area contributed by atoms with E-state index in [0.29, 0.717) is 11.8 Å². The van der Waals surface area contributed by atoms with Crippen LogP contribution in [0.25, 0.3) is 0 Å². The van der Waals surface area contributed by atoms with Gasteiger partial charge in [0.1, 0.15) is 5.60 Å². The first-order valence-electron chi connectivity index (χ1n) is 5.15. The van der Waals surface area contributed by atoms with Crippen LogP contribution in [0.3, 0.4) is 0 Å². The molecule has 1 amide bonds. The summed E-state index contributed by atoms with van der Waals surface area (Å²) in [6.45, 7) is 3.62. The van der Waals surface area contributed by atoms with Gasteiger partial charge < -0.3 is 15.2 Å². The summed E-state index contributed by atoms with van der Waals surface area (Å²) in [5, 5.41) is 0. The smallest absolute Gasteiger partial charge is 0.405 e. The maximum absolute atomic E-state index is 10.7. The lowest BCUT2D eigenvalue weighted by Crippen LogP contribution is -2.31. The summed E-state index contributed by atoms with van der Waals surface area (Å²) in [6, 6.07) is 0. The standard InChI is InChI=1S/C10H17NO3/c1-10(14-9(11)12)4-7-2-3-13-6-8(7)5-10/h7-8H,2-6H2,1H3,(H2,11,12). The van der Waals surface area contributed by atoms with Crippen molar-refractivity contribution in [2.75, 3.05) is 13.2 Å². The Morgan fingerprint density at radius 3 is 2.86 bits per heavy atom. The second-order valence-electron chi connectivity index (χ2n) is 4.66. The third-order valence-electron chi connectivity index (χ3n) is 3.37. The first-order valence-corrected chi connectivity index (χ1v) is 5.15. The largest absolute Gasteiger partial charge is 0.443 e. The first kappa shape index (κ1) is 9.77. The van der Waals surface area contributed by atoms with Crippen LogP contribution in [0.4, 0.5) is 4.79 Å². The lowest BCUT2D eigenvalue weighted by atomic mass is 9.92. The Labute approximate surface area is 83.7 Å². The lowest BCUT2D eigenvalue weighted by molar-refractivity contribution is 0.0237. The molecule has 0 aromatic rings. The van der Waals surface area contributed by atoms with E-state index in [1.54, 1.807) is 0 Å². The second-order valence-corrected chi connectivity index (χ2v) is 4.66. The van der Waals surface area contributed by atoms with E-state index in [0.717, 1.165) is 32.5 Å². The third-order valence-corrected chi connectivity index (χ3v) is 3.37. The van der Waals surface area contributed by atoms with Crippen LogP contribution < -0.4 is 5.73 Å². The summed E-state index contributed by atoms with van der Waals surface area (Å²) in [4.78, 5) is 10.7. The number of rotatable bonds is 1. The summed E-state index contributed by atoms with van der Waals surface area (Å²) < 4.78 is 10.6. The zero-order chi connectivity index (χ0) is 10.2. The van der Waals surface area contributed by atoms with Gasteiger partial charge in [-0.05, 0) is 38.0 Å². The Balaban J connectivity index is 2.00. The highest BCUT2D eigenvalue weighted by Crippen LogP contribution is 2.44. The van der Waals surface area contributed by atoms with Crippen LogP contribution in [-0.2, 0) is 9.47 Å². The average Bonchev–Trinajstić information content (AvgIpc) is 2.38. The molecule has 4 nitrogen and oxygen atoms in total. The fraction of sp³-hybridized carbons (Fsp3) is 0.900. The Bertz CT molecular complexity index is 228. The molecule has 1 saturated carbocycles. The van der Waals surface area contributed by atoms with E-state index in [4.69, 9.17) is 15.2 Å². The Morgan fingerprint density at radius 1 is 1.50 bits per heavy atom. The minimum Gasteiger partial charge on any atom is -0.443 e. The normalized spacial score (nSPS) is 41.8. The SMILES string of the molecule is CC1(OC(N)=O)CC2CCOCC2C1. The molecule has 0 radical (unpaired) electrons. The summed E-state index contributed by atoms with van der Waals surface area (Å²) in [5.41, 5.74) is 4.70. The molecule has 4 heteroatoms. The van der Waals surface area contributed by atoms with Crippen molar-refractivity contribution < 1.29 is 14.3 Å². The molecule has 14 heavy (non-hydrogen) atoms. The van der Waals surface area contributed by atoms with Crippen molar-refractivity contribution in [1.29, 1.82) is 0 Å². The number of ether oxygens (including phenoxy) is 2. The van der Waals surface area contributed by atoms with Gasteiger partial charge in [0, 0.05) is 13.2 Å². The topological polar surface area (TPSA) is 61.5 Å². The first-order chi connectivity index (χ1) is 6.59. The maximum Gasteiger partial charge on any atom is 0.405 e. The van der Waals surface area contributed by atoms with Crippen LogP contribution in [-0.4, -0.2) is 24.9 Å². The van der Waals surface area contributed by atoms with E-state index in [-0.39, 0.29) is 5.60 Å². The third kappa shape index (κ3) is 1.85. The molecule has 0 bridgehead atoms. The van der Waals surface area contributed by atoms with Gasteiger partial charge in [0.05, 0.1) is 0 Å². The van der Waals surface area contributed by atoms with Gasteiger partial charge in [-0.25, -0.2) is 4.79 Å². The van der Waals surface area contributed by atoms with E-state index in [9.17, 15) is 4.79 Å². The van der Waals surface area contributed by atoms with Crippen LogP contribution in [0.5, 0.6) is 0 Å². The molecule has 3 atom stereocenters. The zero-order valence-electron chi connectivity index (χ0n) is 8.49. The van der Waals surface area contributed by atoms with E-state index >= 15 is 0 Å². The maximum atomic E-state index is 10.7. The molecule has 1 saturated heterocycles. The van der Waals surface area contributed by atoms with E-state index in [1.165, 1.54) is 0 Å². The fourth-order valence-electron chi connectivity index (χ4n) is 2.85. The quantitative estimate of drug-likeness (QED) is 0.692. The van der Waals surface area contributed by atoms with Crippen LogP contribution in [0.1, 0.15) is 26.2 Å². The summed E-state index contributed by atoms with van der Waals surface area (Å²) in [6.07, 6.45) is 2.25. The number of fused-ring (bicyclic) bond motifs is 1. The van der Waals surface area contributed by atoms with Crippen molar-refractivity contribution in [1.82, 2.24) is 0 Å². The average molecular weight is 199 g/mol. The number of primary amides is 1. The Morgan fingerprint density at radius 2 is 2.21 bits per heavy atom. The second kappa shape index (κ2) is 3.42. The van der Waals surface area contributed by atoms with Gasteiger partial charge in [-0.3, -0.25) is 0 Å². The highest BCUT2D eigenvalue weighted by Gasteiger charge is 2.45. The molecular weight excluding hydrogens is 182 g/mol. The molecule has 3 unspecified atom stereocenters. The van der Waals surface area contributed by atoms with Gasteiger partial charge >= 0.3 is 6.09 Å². The van der Waals surface area contributed by atoms with Crippen molar-refractivity contribution in [3.8, 4) is 0 Å². The monoisotopic (exact) mass is 199 g/mol. The summed E-state index contributed by atoms with van der Waals surface area (Å²) >= 11 is 0. The van der Waals surface area contributed by atoms with Crippen molar-refractivity contribution >= 4 is 6.09 Å². The van der Waals surface area contributed by atoms with Crippen molar-refractivity contribution in [3.63, 3.8) is 0 Å². The molecule has 0 aromatic carbocycles. The van der Waals surface area contributed by atoms with Gasteiger partial charge in [0.2, 0.25) is 0 Å². The molecule has 1 aliphatic carbocycles. The van der Waals surface area contributed by atoms with E-state index in [1.807, 2.05) is 6.92 Å². The number of carbonyl (C=O) groups excluding carboxylic acids is 1. The van der Waals surface area contributed by atoms with Crippen LogP contribution in [0, 0.1) is 11.8 Å². The number of amides is 1. The number of hydrogen-bond acceptors (Lipinski definition) is 3. The van der Waals surface area contributed by atoms with Gasteiger partial charge in [0.25, 0.3) is 0 Å². The van der Waals surface area contributed by atoms with Gasteiger partial charge in [-0.2, -0.15) is 0 Å². The molecular formula is C10H17NO3. The number of carbonyl (C=O) groups is 1. The Kier molecular flexibility index (Phi) is 2.39. The number of hydrogen-bond donors (Lipinski definition) is 1. The van der Waals surface area contributed by atoms with Crippen molar-refractivity contribution in [2.24, 2.45) is 17.6 Å². The molecule has 2 N–H and O–H groups in total. The zero-order valence-corrected chi connectivity index (χ0v) is 8.49. The molecule has 2 fully saturated rings. The molecule has 0 spiro atoms. The van der Waals surface area contributed by atoms with Gasteiger partial charge in [-0.15, -0.1) is 0 Å². The lowest BCUT2D eigenvalue weighted by Gasteiger charge is -2.24. The van der Waals surface area contributed by atoms with Crippen LogP contribution in [0.2, 0.25) is 0 Å². The minimum atomic E-state index is -0.660. The summed E-state index contributed by atoms with van der Waals surface area (Å²) in [7, 11) is 0. The Hall–Kier alpha value is -0.770. The fourth-order valence-corrected chi connectivity index (χ4v) is 2.85. The van der Waals surface area contributed by atoms with E-state index < -0.39 is 6.09 Å². The summed E-state index contributed by atoms with van der Waals surface area (Å²) in [5.74, 6) is 1.20. The molecule has 0 aromatic heterocycles. The van der Waals surface area contributed by atoms with Gasteiger partial charge in [0.15, 0.2) is 0 Å². The van der Waals surface area contributed by atoms with Crippen molar-refractivity contribution in [3.05, 3.63) is 0 Å². The molecule has 2 aliphatic rings. The predicted molar refractivity (Wildman–Crippen MR) is 50.7 cm³/mol. The molecule has 80 valence electrons. The van der Waals surface area contributed by atoms with E-state index in [2.05, 4.69) is 0 Å². The highest BCUT2D eigenvalue weighted by atomic mass is 16.6. The van der Waals surface area contributed by atoms with Crippen LogP contribution >= 0.6 is 0 Å². The highest BCUT2D eigenvalue weighted by molar-refractivity contribution is 5.65. The predicted octanol–water partition coefficient (Wildman–Crippen LogP) is 1.29. The van der Waals surface area contributed by atoms with Gasteiger partial charge in [-0.1, -0.05) is 0 Å². The van der Waals surface area contributed by atoms with Crippen LogP contribution in [0.15, 0.2) is 0 Å².